The van der Waals surface area contributed by atoms with Crippen molar-refractivity contribution < 1.29 is 0 Å². The van der Waals surface area contributed by atoms with E-state index in [9.17, 15) is 0 Å². The lowest BCUT2D eigenvalue weighted by atomic mass is 10.2. The van der Waals surface area contributed by atoms with Gasteiger partial charge < -0.3 is 0 Å². The second-order valence-electron chi connectivity index (χ2n) is 2.20. The van der Waals surface area contributed by atoms with Crippen molar-refractivity contribution in [2.75, 3.05) is 5.75 Å². The van der Waals surface area contributed by atoms with Crippen LogP contribution in [0.1, 0.15) is 26.2 Å². The Morgan fingerprint density at radius 2 is 2.62 bits per heavy atom. The Morgan fingerprint density at radius 1 is 1.75 bits per heavy atom. The van der Waals surface area contributed by atoms with Gasteiger partial charge in [-0.3, -0.25) is 0 Å². The van der Waals surface area contributed by atoms with E-state index in [0.717, 1.165) is 5.25 Å². The van der Waals surface area contributed by atoms with Gasteiger partial charge in [-0.1, -0.05) is 13.3 Å². The smallest absolute Gasteiger partial charge is 0.00785 e. The molecule has 0 N–H and O–H groups in total. The SMILES string of the molecule is CC[CH]C1CCCS1. The molecular formula is C7H13S. The lowest BCUT2D eigenvalue weighted by Gasteiger charge is -2.02. The summed E-state index contributed by atoms with van der Waals surface area (Å²) in [6, 6.07) is 0. The van der Waals surface area contributed by atoms with E-state index >= 15 is 0 Å². The van der Waals surface area contributed by atoms with Crippen molar-refractivity contribution in [3.05, 3.63) is 6.42 Å². The minimum absolute atomic E-state index is 0.903. The second kappa shape index (κ2) is 3.39. The molecule has 1 saturated heterocycles. The summed E-state index contributed by atoms with van der Waals surface area (Å²) in [5.41, 5.74) is 0. The molecule has 8 heavy (non-hydrogen) atoms. The second-order valence-corrected chi connectivity index (χ2v) is 3.54. The van der Waals surface area contributed by atoms with E-state index in [-0.39, 0.29) is 0 Å². The maximum absolute atomic E-state index is 2.43. The van der Waals surface area contributed by atoms with Gasteiger partial charge in [0.2, 0.25) is 0 Å². The van der Waals surface area contributed by atoms with Gasteiger partial charge in [-0.25, -0.2) is 0 Å². The highest BCUT2D eigenvalue weighted by molar-refractivity contribution is 8.00. The van der Waals surface area contributed by atoms with Crippen LogP contribution in [0.25, 0.3) is 0 Å². The monoisotopic (exact) mass is 129 g/mol. The predicted octanol–water partition coefficient (Wildman–Crippen LogP) is 2.50. The molecule has 1 heterocycles. The van der Waals surface area contributed by atoms with Crippen LogP contribution in [0.5, 0.6) is 0 Å². The van der Waals surface area contributed by atoms with Gasteiger partial charge in [0, 0.05) is 5.25 Å². The largest absolute Gasteiger partial charge is 0.158 e. The molecule has 1 aliphatic heterocycles. The molecule has 1 unspecified atom stereocenters. The molecule has 1 aliphatic rings. The zero-order valence-corrected chi connectivity index (χ0v) is 6.21. The molecule has 1 fully saturated rings. The summed E-state index contributed by atoms with van der Waals surface area (Å²) in [4.78, 5) is 0. The summed E-state index contributed by atoms with van der Waals surface area (Å²) < 4.78 is 0. The third-order valence-corrected chi connectivity index (χ3v) is 2.84. The van der Waals surface area contributed by atoms with Crippen LogP contribution in [0.3, 0.4) is 0 Å². The number of hydrogen-bond acceptors (Lipinski definition) is 1. The van der Waals surface area contributed by atoms with Crippen molar-refractivity contribution in [1.29, 1.82) is 0 Å². The van der Waals surface area contributed by atoms with Crippen LogP contribution in [-0.2, 0) is 0 Å². The summed E-state index contributed by atoms with van der Waals surface area (Å²) in [7, 11) is 0. The van der Waals surface area contributed by atoms with Crippen LogP contribution in [0.15, 0.2) is 0 Å². The van der Waals surface area contributed by atoms with Crippen molar-refractivity contribution in [3.8, 4) is 0 Å². The minimum atomic E-state index is 0.903. The fourth-order valence-electron chi connectivity index (χ4n) is 1.05. The first kappa shape index (κ1) is 6.47. The standard InChI is InChI=1S/C7H13S/c1-2-4-7-5-3-6-8-7/h4,7H,2-3,5-6H2,1H3. The van der Waals surface area contributed by atoms with Crippen LogP contribution < -0.4 is 0 Å². The van der Waals surface area contributed by atoms with Crippen LogP contribution in [-0.4, -0.2) is 11.0 Å². The average Bonchev–Trinajstić information content (AvgIpc) is 2.19. The lowest BCUT2D eigenvalue weighted by molar-refractivity contribution is 0.820. The van der Waals surface area contributed by atoms with Crippen molar-refractivity contribution in [2.45, 2.75) is 31.4 Å². The molecule has 0 aromatic rings. The number of hydrogen-bond donors (Lipinski definition) is 0. The van der Waals surface area contributed by atoms with E-state index in [4.69, 9.17) is 0 Å². The maximum Gasteiger partial charge on any atom is 0.00785 e. The van der Waals surface area contributed by atoms with Crippen LogP contribution >= 0.6 is 11.8 Å². The normalized spacial score (nSPS) is 28.9. The third-order valence-electron chi connectivity index (χ3n) is 1.46. The Hall–Kier alpha value is 0.350. The molecule has 1 atom stereocenters. The molecule has 0 spiro atoms. The van der Waals surface area contributed by atoms with Crippen LogP contribution in [0.2, 0.25) is 0 Å². The van der Waals surface area contributed by atoms with E-state index in [0.29, 0.717) is 0 Å². The van der Waals surface area contributed by atoms with Gasteiger partial charge >= 0.3 is 0 Å². The Balaban J connectivity index is 2.06. The summed E-state index contributed by atoms with van der Waals surface area (Å²) in [5.74, 6) is 1.39. The highest BCUT2D eigenvalue weighted by Crippen LogP contribution is 2.28. The number of rotatable bonds is 2. The molecule has 0 amide bonds. The first-order valence-electron chi connectivity index (χ1n) is 3.38. The van der Waals surface area contributed by atoms with E-state index in [1.54, 1.807) is 0 Å². The zero-order valence-electron chi connectivity index (χ0n) is 5.39. The minimum Gasteiger partial charge on any atom is -0.158 e. The fraction of sp³-hybridized carbons (Fsp3) is 0.857. The van der Waals surface area contributed by atoms with Gasteiger partial charge in [0.25, 0.3) is 0 Å². The number of thioether (sulfide) groups is 1. The van der Waals surface area contributed by atoms with E-state index in [1.807, 2.05) is 0 Å². The predicted molar refractivity (Wildman–Crippen MR) is 40.1 cm³/mol. The van der Waals surface area contributed by atoms with Crippen molar-refractivity contribution >= 4 is 11.8 Å². The van der Waals surface area contributed by atoms with Crippen LogP contribution in [0, 0.1) is 6.42 Å². The molecular weight excluding hydrogens is 116 g/mol. The van der Waals surface area contributed by atoms with Crippen molar-refractivity contribution in [3.63, 3.8) is 0 Å². The first-order valence-corrected chi connectivity index (χ1v) is 4.43. The summed E-state index contributed by atoms with van der Waals surface area (Å²) in [5, 5.41) is 0.903. The fourth-order valence-corrected chi connectivity index (χ4v) is 2.35. The zero-order chi connectivity index (χ0) is 5.82. The molecule has 1 heteroatoms. The van der Waals surface area contributed by atoms with E-state index in [2.05, 4.69) is 25.1 Å². The summed E-state index contributed by atoms with van der Waals surface area (Å²) >= 11 is 2.11. The van der Waals surface area contributed by atoms with Gasteiger partial charge in [-0.05, 0) is 25.0 Å². The molecule has 0 bridgehead atoms. The van der Waals surface area contributed by atoms with Gasteiger partial charge in [0.15, 0.2) is 0 Å². The molecule has 0 nitrogen and oxygen atoms in total. The Bertz CT molecular complexity index is 55.4. The van der Waals surface area contributed by atoms with E-state index < -0.39 is 0 Å². The molecule has 0 aromatic carbocycles. The summed E-state index contributed by atoms with van der Waals surface area (Å²) in [6.45, 7) is 2.22. The highest BCUT2D eigenvalue weighted by atomic mass is 32.2. The lowest BCUT2D eigenvalue weighted by Crippen LogP contribution is -1.94. The van der Waals surface area contributed by atoms with Crippen molar-refractivity contribution in [2.24, 2.45) is 0 Å². The highest BCUT2D eigenvalue weighted by Gasteiger charge is 2.13. The summed E-state index contributed by atoms with van der Waals surface area (Å²) in [6.07, 6.45) is 6.54. The maximum atomic E-state index is 2.43. The van der Waals surface area contributed by atoms with E-state index in [1.165, 1.54) is 25.0 Å². The average molecular weight is 129 g/mol. The van der Waals surface area contributed by atoms with Crippen LogP contribution in [0.4, 0.5) is 0 Å². The topological polar surface area (TPSA) is 0 Å². The Morgan fingerprint density at radius 3 is 3.12 bits per heavy atom. The van der Waals surface area contributed by atoms with Gasteiger partial charge in [-0.2, -0.15) is 11.8 Å². The first-order chi connectivity index (χ1) is 3.93. The quantitative estimate of drug-likeness (QED) is 0.552. The molecule has 1 radical (unpaired) electrons. The molecule has 1 rings (SSSR count). The third kappa shape index (κ3) is 1.70. The molecule has 0 aromatic heterocycles. The Kier molecular flexibility index (Phi) is 2.74. The Labute approximate surface area is 56.0 Å². The van der Waals surface area contributed by atoms with Gasteiger partial charge in [-0.15, -0.1) is 0 Å². The van der Waals surface area contributed by atoms with Crippen molar-refractivity contribution in [1.82, 2.24) is 0 Å². The molecule has 0 aliphatic carbocycles. The molecule has 47 valence electrons. The van der Waals surface area contributed by atoms with Gasteiger partial charge in [0.05, 0.1) is 0 Å². The molecule has 0 saturated carbocycles. The van der Waals surface area contributed by atoms with Gasteiger partial charge in [0.1, 0.15) is 0 Å².